The number of aromatic nitrogens is 1. The molecule has 0 saturated carbocycles. The molecule has 1 aromatic heterocycles. The number of hydrogen-bond acceptors (Lipinski definition) is 6. The van der Waals surface area contributed by atoms with Crippen molar-refractivity contribution >= 4 is 39.8 Å². The Bertz CT molecular complexity index is 1230. The van der Waals surface area contributed by atoms with Crippen LogP contribution >= 0.6 is 11.3 Å². The van der Waals surface area contributed by atoms with Crippen LogP contribution in [0.2, 0.25) is 0 Å². The number of nitrogens with two attached hydrogens (primary N) is 1. The molecule has 0 unspecified atom stereocenters. The quantitative estimate of drug-likeness (QED) is 0.486. The molecule has 9 heteroatoms. The van der Waals surface area contributed by atoms with Gasteiger partial charge < -0.3 is 20.9 Å². The van der Waals surface area contributed by atoms with Crippen molar-refractivity contribution < 1.29 is 9.59 Å². The second-order valence-electron chi connectivity index (χ2n) is 8.86. The highest BCUT2D eigenvalue weighted by Gasteiger charge is 2.30. The first-order valence-corrected chi connectivity index (χ1v) is 12.3. The minimum atomic E-state index is -0.185. The summed E-state index contributed by atoms with van der Waals surface area (Å²) in [5.74, 6) is -0.185. The second-order valence-corrected chi connectivity index (χ2v) is 9.95. The van der Waals surface area contributed by atoms with Gasteiger partial charge in [-0.3, -0.25) is 10.1 Å². The number of nitrogens with one attached hydrogen (secondary N) is 2. The maximum absolute atomic E-state index is 13.0. The summed E-state index contributed by atoms with van der Waals surface area (Å²) in [6, 6.07) is 14.4. The minimum absolute atomic E-state index is 0.0866. The third-order valence-electron chi connectivity index (χ3n) is 6.33. The molecule has 3 aromatic rings. The van der Waals surface area contributed by atoms with Crippen molar-refractivity contribution in [1.82, 2.24) is 14.8 Å². The van der Waals surface area contributed by atoms with Gasteiger partial charge in [-0.1, -0.05) is 18.2 Å². The Morgan fingerprint density at radius 3 is 2.82 bits per heavy atom. The molecule has 2 aliphatic heterocycles. The third-order valence-corrected chi connectivity index (χ3v) is 7.33. The number of urea groups is 1. The second kappa shape index (κ2) is 9.44. The summed E-state index contributed by atoms with van der Waals surface area (Å²) in [5, 5.41) is 6.54. The van der Waals surface area contributed by atoms with Crippen molar-refractivity contribution in [3.05, 3.63) is 70.2 Å². The van der Waals surface area contributed by atoms with E-state index in [1.54, 1.807) is 29.5 Å². The molecule has 8 nitrogen and oxygen atoms in total. The molecule has 1 saturated heterocycles. The molecule has 0 aliphatic carbocycles. The number of amides is 3. The Balaban J connectivity index is 1.29. The summed E-state index contributed by atoms with van der Waals surface area (Å²) < 4.78 is 0. The van der Waals surface area contributed by atoms with Gasteiger partial charge in [-0.15, -0.1) is 11.3 Å². The largest absolute Gasteiger partial charge is 0.399 e. The predicted molar refractivity (Wildman–Crippen MR) is 135 cm³/mol. The highest BCUT2D eigenvalue weighted by molar-refractivity contribution is 7.15. The molecular formula is C25H28N6O2S. The predicted octanol–water partition coefficient (Wildman–Crippen LogP) is 4.33. The third kappa shape index (κ3) is 4.76. The zero-order valence-corrected chi connectivity index (χ0v) is 19.9. The summed E-state index contributed by atoms with van der Waals surface area (Å²) in [6.45, 7) is 2.51. The number of fused-ring (bicyclic) bond motifs is 1. The van der Waals surface area contributed by atoms with Gasteiger partial charge >= 0.3 is 6.03 Å². The summed E-state index contributed by atoms with van der Waals surface area (Å²) >= 11 is 1.54. The van der Waals surface area contributed by atoms with Crippen molar-refractivity contribution in [3.8, 4) is 0 Å². The maximum Gasteiger partial charge on any atom is 0.322 e. The Morgan fingerprint density at radius 2 is 1.97 bits per heavy atom. The van der Waals surface area contributed by atoms with Crippen LogP contribution in [-0.4, -0.2) is 46.9 Å². The SMILES string of the molecule is CN1CCc2nc(NC(=O)c3cccc([C@@H]4CCCN4C(=O)Nc4cccc(N)c4)c3)sc2C1. The Morgan fingerprint density at radius 1 is 1.12 bits per heavy atom. The van der Waals surface area contributed by atoms with Gasteiger partial charge in [-0.25, -0.2) is 9.78 Å². The molecule has 3 heterocycles. The van der Waals surface area contributed by atoms with Gasteiger partial charge in [-0.05, 0) is 55.8 Å². The first-order chi connectivity index (χ1) is 16.5. The number of likely N-dealkylation sites (N-methyl/N-ethyl adjacent to an activating group) is 1. The minimum Gasteiger partial charge on any atom is -0.399 e. The van der Waals surface area contributed by atoms with E-state index in [0.29, 0.717) is 28.6 Å². The standard InChI is InChI=1S/C25H28N6O2S/c1-30-12-10-20-22(15-30)34-24(28-20)29-23(32)17-6-2-5-16(13-17)21-9-4-11-31(21)25(33)27-19-8-3-7-18(26)14-19/h2-3,5-8,13-14,21H,4,9-12,15,26H2,1H3,(H,27,33)(H,28,29,32)/t21-/m0/s1. The van der Waals surface area contributed by atoms with Crippen molar-refractivity contribution in [2.75, 3.05) is 36.5 Å². The van der Waals surface area contributed by atoms with Crippen LogP contribution in [-0.2, 0) is 13.0 Å². The molecule has 176 valence electrons. The highest BCUT2D eigenvalue weighted by atomic mass is 32.1. The number of benzene rings is 2. The van der Waals surface area contributed by atoms with Crippen LogP contribution in [0, 0.1) is 0 Å². The summed E-state index contributed by atoms with van der Waals surface area (Å²) in [6.07, 6.45) is 2.66. The smallest absolute Gasteiger partial charge is 0.322 e. The monoisotopic (exact) mass is 476 g/mol. The number of nitrogens with zero attached hydrogens (tertiary/aromatic N) is 3. The van der Waals surface area contributed by atoms with Gasteiger partial charge in [-0.2, -0.15) is 0 Å². The fourth-order valence-electron chi connectivity index (χ4n) is 4.60. The molecule has 0 bridgehead atoms. The molecule has 2 aromatic carbocycles. The van der Waals surface area contributed by atoms with Crippen molar-refractivity contribution in [3.63, 3.8) is 0 Å². The number of rotatable bonds is 4. The number of hydrogen-bond donors (Lipinski definition) is 3. The van der Waals surface area contributed by atoms with Crippen LogP contribution in [0.15, 0.2) is 48.5 Å². The Kier molecular flexibility index (Phi) is 6.21. The first-order valence-electron chi connectivity index (χ1n) is 11.5. The number of anilines is 3. The molecule has 34 heavy (non-hydrogen) atoms. The summed E-state index contributed by atoms with van der Waals surface area (Å²) in [5.41, 5.74) is 9.70. The normalized spacial score (nSPS) is 17.9. The number of carbonyl (C=O) groups excluding carboxylic acids is 2. The van der Waals surface area contributed by atoms with Crippen LogP contribution in [0.25, 0.3) is 0 Å². The average Bonchev–Trinajstić information content (AvgIpc) is 3.46. The fourth-order valence-corrected chi connectivity index (χ4v) is 5.68. The molecule has 5 rings (SSSR count). The van der Waals surface area contributed by atoms with Crippen molar-refractivity contribution in [2.45, 2.75) is 31.8 Å². The first kappa shape index (κ1) is 22.4. The van der Waals surface area contributed by atoms with Gasteiger partial charge in [0.2, 0.25) is 0 Å². The lowest BCUT2D eigenvalue weighted by molar-refractivity contribution is 0.102. The number of nitrogen functional groups attached to an aromatic ring is 1. The highest BCUT2D eigenvalue weighted by Crippen LogP contribution is 2.33. The Hall–Kier alpha value is -3.43. The van der Waals surface area contributed by atoms with Crippen molar-refractivity contribution in [1.29, 1.82) is 0 Å². The van der Waals surface area contributed by atoms with E-state index in [1.165, 1.54) is 4.88 Å². The average molecular weight is 477 g/mol. The zero-order valence-electron chi connectivity index (χ0n) is 19.1. The molecule has 1 fully saturated rings. The van der Waals surface area contributed by atoms with Crippen LogP contribution in [0.1, 0.15) is 45.4 Å². The van der Waals surface area contributed by atoms with E-state index < -0.39 is 0 Å². The lowest BCUT2D eigenvalue weighted by atomic mass is 10.0. The van der Waals surface area contributed by atoms with E-state index in [2.05, 4.69) is 27.6 Å². The number of thiazole rings is 1. The zero-order chi connectivity index (χ0) is 23.7. The molecule has 2 aliphatic rings. The summed E-state index contributed by atoms with van der Waals surface area (Å²) in [7, 11) is 2.09. The van der Waals surface area contributed by atoms with E-state index in [0.717, 1.165) is 43.6 Å². The maximum atomic E-state index is 13.0. The van der Waals surface area contributed by atoms with Crippen molar-refractivity contribution in [2.24, 2.45) is 0 Å². The van der Waals surface area contributed by atoms with Gasteiger partial charge in [0.25, 0.3) is 5.91 Å². The molecule has 0 radical (unpaired) electrons. The molecule has 1 atom stereocenters. The topological polar surface area (TPSA) is 104 Å². The van der Waals surface area contributed by atoms with Crippen LogP contribution in [0.4, 0.5) is 21.3 Å². The lowest BCUT2D eigenvalue weighted by Gasteiger charge is -2.25. The van der Waals surface area contributed by atoms with E-state index in [9.17, 15) is 9.59 Å². The van der Waals surface area contributed by atoms with E-state index in [-0.39, 0.29) is 18.0 Å². The van der Waals surface area contributed by atoms with Gasteiger partial charge in [0, 0.05) is 47.9 Å². The molecular weight excluding hydrogens is 448 g/mol. The van der Waals surface area contributed by atoms with Gasteiger partial charge in [0.15, 0.2) is 5.13 Å². The lowest BCUT2D eigenvalue weighted by Crippen LogP contribution is -2.34. The van der Waals surface area contributed by atoms with E-state index >= 15 is 0 Å². The van der Waals surface area contributed by atoms with Crippen LogP contribution in [0.3, 0.4) is 0 Å². The van der Waals surface area contributed by atoms with Gasteiger partial charge in [0.1, 0.15) is 0 Å². The summed E-state index contributed by atoms with van der Waals surface area (Å²) in [4.78, 5) is 35.9. The number of likely N-dealkylation sites (tertiary alicyclic amines) is 1. The van der Waals surface area contributed by atoms with Gasteiger partial charge in [0.05, 0.1) is 11.7 Å². The molecule has 0 spiro atoms. The molecule has 3 amide bonds. The number of carbonyl (C=O) groups is 2. The Labute approximate surface area is 202 Å². The molecule has 4 N–H and O–H groups in total. The van der Waals surface area contributed by atoms with Crippen LogP contribution in [0.5, 0.6) is 0 Å². The van der Waals surface area contributed by atoms with E-state index in [4.69, 9.17) is 5.73 Å². The van der Waals surface area contributed by atoms with Crippen LogP contribution < -0.4 is 16.4 Å². The van der Waals surface area contributed by atoms with E-state index in [1.807, 2.05) is 35.2 Å². The fraction of sp³-hybridized carbons (Fsp3) is 0.320.